The van der Waals surface area contributed by atoms with E-state index < -0.39 is 0 Å². The number of nitrogens with zero attached hydrogens (tertiary/aromatic N) is 1. The summed E-state index contributed by atoms with van der Waals surface area (Å²) < 4.78 is 0. The van der Waals surface area contributed by atoms with E-state index in [0.29, 0.717) is 5.82 Å². The van der Waals surface area contributed by atoms with Gasteiger partial charge in [0.05, 0.1) is 0 Å². The zero-order chi connectivity index (χ0) is 5.11. The fourth-order valence-corrected chi connectivity index (χ4v) is 0.337. The second-order valence-corrected chi connectivity index (χ2v) is 1.17. The van der Waals surface area contributed by atoms with E-state index in [9.17, 15) is 0 Å². The quantitative estimate of drug-likeness (QED) is 0.679. The number of nitrogens with two attached hydrogens (primary N) is 1. The monoisotopic (exact) mass is 381 g/mol. The van der Waals surface area contributed by atoms with Crippen LogP contribution in [0.4, 0.5) is 5.82 Å². The average molecular weight is 381 g/mol. The Balaban J connectivity index is -0.000000163. The fourth-order valence-electron chi connectivity index (χ4n) is 0.337. The van der Waals surface area contributed by atoms with Crippen LogP contribution in [0.1, 0.15) is 0 Å². The van der Waals surface area contributed by atoms with Crippen LogP contribution in [-0.2, 0) is 53.8 Å². The zero-order valence-electron chi connectivity index (χ0n) is 5.74. The maximum absolute atomic E-state index is 5.19. The number of rotatable bonds is 0. The van der Waals surface area contributed by atoms with Crippen LogP contribution in [-0.4, -0.2) is 4.98 Å². The van der Waals surface area contributed by atoms with Crippen molar-refractivity contribution in [1.82, 2.24) is 4.98 Å². The molecule has 0 amide bonds. The maximum Gasteiger partial charge on any atom is 2.00 e. The molecule has 0 aliphatic rings. The summed E-state index contributed by atoms with van der Waals surface area (Å²) in [6.07, 6.45) is 1.63. The van der Waals surface area contributed by atoms with E-state index in [4.69, 9.17) is 5.73 Å². The first kappa shape index (κ1) is 17.0. The first-order chi connectivity index (χ1) is 3.39. The first-order valence-corrected chi connectivity index (χ1v) is 1.98. The molecule has 10 heavy (non-hydrogen) atoms. The van der Waals surface area contributed by atoms with E-state index in [1.807, 2.05) is 0 Å². The summed E-state index contributed by atoms with van der Waals surface area (Å²) >= 11 is 0. The van der Waals surface area contributed by atoms with Gasteiger partial charge in [0.15, 0.2) is 0 Å². The molecule has 4 heteroatoms. The Morgan fingerprint density at radius 2 is 2.10 bits per heavy atom. The molecule has 1 aromatic heterocycles. The van der Waals surface area contributed by atoms with Crippen molar-refractivity contribution in [3.63, 3.8) is 0 Å². The Bertz CT molecular complexity index is 146. The van der Waals surface area contributed by atoms with E-state index >= 15 is 0 Å². The van der Waals surface area contributed by atoms with Gasteiger partial charge in [-0.05, 0) is 0 Å². The van der Waals surface area contributed by atoms with Crippen LogP contribution in [0, 0.1) is 13.5 Å². The Hall–Kier alpha value is 0.742. The van der Waals surface area contributed by atoms with E-state index in [1.54, 1.807) is 18.3 Å². The molecule has 1 aromatic rings. The summed E-state index contributed by atoms with van der Waals surface area (Å²) in [7, 11) is 0. The van der Waals surface area contributed by atoms with Gasteiger partial charge >= 0.3 is 21.1 Å². The van der Waals surface area contributed by atoms with Crippen molar-refractivity contribution >= 4 is 5.82 Å². The molecule has 2 N–H and O–H groups in total. The Kier molecular flexibility index (Phi) is 16.6. The molecule has 0 atom stereocenters. The summed E-state index contributed by atoms with van der Waals surface area (Å²) in [5.41, 5.74) is 5.19. The molecule has 51 valence electrons. The third-order valence-corrected chi connectivity index (χ3v) is 0.627. The van der Waals surface area contributed by atoms with Crippen molar-refractivity contribution in [3.8, 4) is 0 Å². The van der Waals surface area contributed by atoms with Crippen molar-refractivity contribution in [2.24, 2.45) is 0 Å². The van der Waals surface area contributed by atoms with Gasteiger partial charge in [0.2, 0.25) is 0 Å². The SMILES string of the molecule is Nc1[c-]cccn1.[CH3-].[W+2].[Y]. The van der Waals surface area contributed by atoms with Crippen molar-refractivity contribution in [1.29, 1.82) is 0 Å². The summed E-state index contributed by atoms with van der Waals surface area (Å²) in [6, 6.07) is 6.20. The number of hydrogen-bond acceptors (Lipinski definition) is 2. The van der Waals surface area contributed by atoms with Crippen LogP contribution < -0.4 is 5.73 Å². The second-order valence-electron chi connectivity index (χ2n) is 1.17. The van der Waals surface area contributed by atoms with Crippen molar-refractivity contribution < 1.29 is 53.8 Å². The zero-order valence-corrected chi connectivity index (χ0v) is 11.5. The molecule has 0 fully saturated rings. The van der Waals surface area contributed by atoms with Crippen LogP contribution >= 0.6 is 0 Å². The molecule has 0 saturated heterocycles. The molecular formula is C6H8N2WY. The minimum absolute atomic E-state index is 0. The van der Waals surface area contributed by atoms with Gasteiger partial charge in [-0.15, -0.1) is 0 Å². The number of pyridine rings is 1. The molecule has 0 bridgehead atoms. The minimum Gasteiger partial charge on any atom is -0.399 e. The van der Waals surface area contributed by atoms with Crippen molar-refractivity contribution in [2.45, 2.75) is 0 Å². The Morgan fingerprint density at radius 1 is 1.50 bits per heavy atom. The normalized spacial score (nSPS) is 6.00. The Morgan fingerprint density at radius 3 is 2.30 bits per heavy atom. The molecule has 0 saturated carbocycles. The topological polar surface area (TPSA) is 38.9 Å². The standard InChI is InChI=1S/C5H5N2.CH3.W.Y/c6-5-3-1-2-4-7-5;;;/h1-2,4H,(H2,6,7);1H3;;/q2*-1;+2;. The van der Waals surface area contributed by atoms with E-state index in [2.05, 4.69) is 11.1 Å². The minimum atomic E-state index is 0. The van der Waals surface area contributed by atoms with Gasteiger partial charge in [0.1, 0.15) is 0 Å². The van der Waals surface area contributed by atoms with E-state index in [-0.39, 0.29) is 61.2 Å². The summed E-state index contributed by atoms with van der Waals surface area (Å²) in [6.45, 7) is 0. The van der Waals surface area contributed by atoms with Gasteiger partial charge in [0.25, 0.3) is 0 Å². The van der Waals surface area contributed by atoms with Gasteiger partial charge in [-0.3, -0.25) is 4.98 Å². The van der Waals surface area contributed by atoms with Crippen molar-refractivity contribution in [2.75, 3.05) is 5.73 Å². The van der Waals surface area contributed by atoms with E-state index in [1.165, 1.54) is 0 Å². The van der Waals surface area contributed by atoms with Crippen molar-refractivity contribution in [3.05, 3.63) is 31.8 Å². The van der Waals surface area contributed by atoms with Crippen LogP contribution in [0.25, 0.3) is 0 Å². The summed E-state index contributed by atoms with van der Waals surface area (Å²) in [4.78, 5) is 3.70. The molecule has 1 radical (unpaired) electrons. The summed E-state index contributed by atoms with van der Waals surface area (Å²) in [5.74, 6) is 0.447. The largest absolute Gasteiger partial charge is 2.00 e. The number of aromatic nitrogens is 1. The van der Waals surface area contributed by atoms with Gasteiger partial charge in [-0.2, -0.15) is 6.07 Å². The fraction of sp³-hybridized carbons (Fsp3) is 0. The predicted molar refractivity (Wildman–Crippen MR) is 33.9 cm³/mol. The third kappa shape index (κ3) is 6.86. The van der Waals surface area contributed by atoms with Crippen LogP contribution in [0.2, 0.25) is 0 Å². The third-order valence-electron chi connectivity index (χ3n) is 0.627. The second kappa shape index (κ2) is 9.74. The van der Waals surface area contributed by atoms with Gasteiger partial charge in [-0.25, -0.2) is 12.1 Å². The molecule has 0 unspecified atom stereocenters. The van der Waals surface area contributed by atoms with Crippen LogP contribution in [0.3, 0.4) is 0 Å². The number of nitrogen functional groups attached to an aromatic ring is 1. The number of hydrogen-bond donors (Lipinski definition) is 1. The van der Waals surface area contributed by atoms with Gasteiger partial charge in [0, 0.05) is 38.5 Å². The van der Waals surface area contributed by atoms with Crippen LogP contribution in [0.5, 0.6) is 0 Å². The number of anilines is 1. The molecule has 0 spiro atoms. The maximum atomic E-state index is 5.19. The van der Waals surface area contributed by atoms with Crippen LogP contribution in [0.15, 0.2) is 18.3 Å². The molecule has 1 heterocycles. The summed E-state index contributed by atoms with van der Waals surface area (Å²) in [5, 5.41) is 0. The smallest absolute Gasteiger partial charge is 0.399 e. The first-order valence-electron chi connectivity index (χ1n) is 1.98. The molecule has 1 rings (SSSR count). The Labute approximate surface area is 101 Å². The molecule has 2 nitrogen and oxygen atoms in total. The van der Waals surface area contributed by atoms with Gasteiger partial charge in [-0.1, -0.05) is 6.20 Å². The average Bonchev–Trinajstić information content (AvgIpc) is 1.69. The van der Waals surface area contributed by atoms with E-state index in [0.717, 1.165) is 0 Å². The molecule has 0 aliphatic heterocycles. The predicted octanol–water partition coefficient (Wildman–Crippen LogP) is 0.909. The molecule has 0 aromatic carbocycles. The molecule has 0 aliphatic carbocycles. The molecular weight excluding hydrogens is 373 g/mol. The van der Waals surface area contributed by atoms with Gasteiger partial charge < -0.3 is 13.2 Å².